The molecule has 0 saturated heterocycles. The van der Waals surface area contributed by atoms with Crippen molar-refractivity contribution in [2.45, 2.75) is 27.2 Å². The van der Waals surface area contributed by atoms with E-state index < -0.39 is 0 Å². The molecule has 0 aliphatic rings. The van der Waals surface area contributed by atoms with Crippen LogP contribution in [0.15, 0.2) is 47.6 Å². The van der Waals surface area contributed by atoms with Crippen LogP contribution in [0.25, 0.3) is 0 Å². The maximum atomic E-state index is 11.8. The molecule has 1 N–H and O–H groups in total. The van der Waals surface area contributed by atoms with Gasteiger partial charge in [0.05, 0.1) is 12.6 Å². The minimum Gasteiger partial charge on any atom is -0.273 e. The van der Waals surface area contributed by atoms with Crippen molar-refractivity contribution in [3.8, 4) is 0 Å². The van der Waals surface area contributed by atoms with Crippen molar-refractivity contribution in [1.82, 2.24) is 5.43 Å². The Labute approximate surface area is 125 Å². The van der Waals surface area contributed by atoms with E-state index in [1.54, 1.807) is 6.21 Å². The SMILES string of the molecule is Cc1cc(C)c(C=NNC(=O)Cc2ccccc2)c(C)c1. The molecule has 0 saturated carbocycles. The third kappa shape index (κ3) is 4.28. The van der Waals surface area contributed by atoms with Crippen LogP contribution >= 0.6 is 0 Å². The van der Waals surface area contributed by atoms with E-state index in [4.69, 9.17) is 0 Å². The van der Waals surface area contributed by atoms with Crippen LogP contribution in [0.5, 0.6) is 0 Å². The molecule has 0 atom stereocenters. The van der Waals surface area contributed by atoms with Gasteiger partial charge in [0.1, 0.15) is 0 Å². The van der Waals surface area contributed by atoms with Gasteiger partial charge >= 0.3 is 0 Å². The summed E-state index contributed by atoms with van der Waals surface area (Å²) in [6.45, 7) is 6.17. The van der Waals surface area contributed by atoms with Gasteiger partial charge in [-0.1, -0.05) is 48.0 Å². The van der Waals surface area contributed by atoms with Gasteiger partial charge in [-0.3, -0.25) is 4.79 Å². The first kappa shape index (κ1) is 15.0. The second-order valence-corrected chi connectivity index (χ2v) is 5.27. The molecule has 108 valence electrons. The lowest BCUT2D eigenvalue weighted by Crippen LogP contribution is -2.19. The molecule has 0 bridgehead atoms. The lowest BCUT2D eigenvalue weighted by atomic mass is 10.0. The highest BCUT2D eigenvalue weighted by Gasteiger charge is 2.03. The lowest BCUT2D eigenvalue weighted by molar-refractivity contribution is -0.120. The van der Waals surface area contributed by atoms with Gasteiger partial charge in [-0.15, -0.1) is 0 Å². The number of carbonyl (C=O) groups excluding carboxylic acids is 1. The number of nitrogens with one attached hydrogen (secondary N) is 1. The predicted molar refractivity (Wildman–Crippen MR) is 86.5 cm³/mol. The van der Waals surface area contributed by atoms with Crippen molar-refractivity contribution >= 4 is 12.1 Å². The van der Waals surface area contributed by atoms with Crippen molar-refractivity contribution < 1.29 is 4.79 Å². The molecule has 0 heterocycles. The molecule has 3 nitrogen and oxygen atoms in total. The third-order valence-electron chi connectivity index (χ3n) is 3.33. The zero-order chi connectivity index (χ0) is 15.2. The number of carbonyl (C=O) groups is 1. The average molecular weight is 280 g/mol. The summed E-state index contributed by atoms with van der Waals surface area (Å²) in [4.78, 5) is 11.8. The molecule has 0 spiro atoms. The maximum absolute atomic E-state index is 11.8. The summed E-state index contributed by atoms with van der Waals surface area (Å²) in [7, 11) is 0. The molecule has 3 heteroatoms. The highest BCUT2D eigenvalue weighted by molar-refractivity contribution is 5.86. The Kier molecular flexibility index (Phi) is 4.88. The van der Waals surface area contributed by atoms with Gasteiger partial charge in [0.15, 0.2) is 0 Å². The molecule has 0 aliphatic carbocycles. The fourth-order valence-corrected chi connectivity index (χ4v) is 2.38. The van der Waals surface area contributed by atoms with Gasteiger partial charge in [-0.05, 0) is 37.5 Å². The van der Waals surface area contributed by atoms with Crippen LogP contribution in [0.2, 0.25) is 0 Å². The largest absolute Gasteiger partial charge is 0.273 e. The van der Waals surface area contributed by atoms with Crippen LogP contribution in [-0.4, -0.2) is 12.1 Å². The summed E-state index contributed by atoms with van der Waals surface area (Å²) in [5, 5.41) is 4.06. The van der Waals surface area contributed by atoms with Crippen LogP contribution in [0.4, 0.5) is 0 Å². The zero-order valence-corrected chi connectivity index (χ0v) is 12.7. The fraction of sp³-hybridized carbons (Fsp3) is 0.222. The number of hydrogen-bond acceptors (Lipinski definition) is 2. The second kappa shape index (κ2) is 6.84. The van der Waals surface area contributed by atoms with Crippen LogP contribution in [-0.2, 0) is 11.2 Å². The molecule has 1 amide bonds. The van der Waals surface area contributed by atoms with Crippen molar-refractivity contribution in [2.24, 2.45) is 5.10 Å². The molecule has 0 aliphatic heterocycles. The quantitative estimate of drug-likeness (QED) is 0.677. The van der Waals surface area contributed by atoms with E-state index >= 15 is 0 Å². The van der Waals surface area contributed by atoms with Crippen molar-refractivity contribution in [2.75, 3.05) is 0 Å². The lowest BCUT2D eigenvalue weighted by Gasteiger charge is -2.06. The van der Waals surface area contributed by atoms with E-state index in [1.807, 2.05) is 44.2 Å². The number of nitrogens with zero attached hydrogens (tertiary/aromatic N) is 1. The van der Waals surface area contributed by atoms with E-state index in [0.717, 1.165) is 22.3 Å². The van der Waals surface area contributed by atoms with E-state index in [0.29, 0.717) is 6.42 Å². The first-order valence-corrected chi connectivity index (χ1v) is 7.00. The van der Waals surface area contributed by atoms with Gasteiger partial charge in [0.25, 0.3) is 0 Å². The normalized spacial score (nSPS) is 10.8. The summed E-state index contributed by atoms with van der Waals surface area (Å²) in [6, 6.07) is 13.9. The van der Waals surface area contributed by atoms with Gasteiger partial charge < -0.3 is 0 Å². The van der Waals surface area contributed by atoms with E-state index in [9.17, 15) is 4.79 Å². The topological polar surface area (TPSA) is 41.5 Å². The summed E-state index contributed by atoms with van der Waals surface area (Å²) in [5.41, 5.74) is 8.17. The molecular weight excluding hydrogens is 260 g/mol. The van der Waals surface area contributed by atoms with Crippen LogP contribution in [0.3, 0.4) is 0 Å². The number of aryl methyl sites for hydroxylation is 3. The zero-order valence-electron chi connectivity index (χ0n) is 12.7. The minimum atomic E-state index is -0.111. The summed E-state index contributed by atoms with van der Waals surface area (Å²) < 4.78 is 0. The van der Waals surface area contributed by atoms with E-state index in [1.165, 1.54) is 5.56 Å². The Morgan fingerprint density at radius 3 is 2.33 bits per heavy atom. The molecule has 0 aromatic heterocycles. The van der Waals surface area contributed by atoms with Crippen LogP contribution in [0, 0.1) is 20.8 Å². The monoisotopic (exact) mass is 280 g/mol. The highest BCUT2D eigenvalue weighted by atomic mass is 16.2. The molecule has 2 aromatic carbocycles. The smallest absolute Gasteiger partial charge is 0.244 e. The van der Waals surface area contributed by atoms with Crippen LogP contribution < -0.4 is 5.43 Å². The first-order valence-electron chi connectivity index (χ1n) is 7.00. The fourth-order valence-electron chi connectivity index (χ4n) is 2.38. The Hall–Kier alpha value is -2.42. The predicted octanol–water partition coefficient (Wildman–Crippen LogP) is 3.30. The van der Waals surface area contributed by atoms with Crippen molar-refractivity contribution in [3.05, 3.63) is 70.3 Å². The number of hydrazone groups is 1. The number of rotatable bonds is 4. The molecule has 21 heavy (non-hydrogen) atoms. The van der Waals surface area contributed by atoms with Crippen LogP contribution in [0.1, 0.15) is 27.8 Å². The summed E-state index contributed by atoms with van der Waals surface area (Å²) in [5.74, 6) is -0.111. The minimum absolute atomic E-state index is 0.111. The number of benzene rings is 2. The molecule has 0 unspecified atom stereocenters. The Balaban J connectivity index is 1.98. The Morgan fingerprint density at radius 2 is 1.71 bits per heavy atom. The number of amides is 1. The second-order valence-electron chi connectivity index (χ2n) is 5.27. The van der Waals surface area contributed by atoms with Crippen molar-refractivity contribution in [3.63, 3.8) is 0 Å². The molecular formula is C18H20N2O. The van der Waals surface area contributed by atoms with Gasteiger partial charge in [0, 0.05) is 5.56 Å². The molecule has 2 aromatic rings. The first-order chi connectivity index (χ1) is 10.1. The summed E-state index contributed by atoms with van der Waals surface area (Å²) >= 11 is 0. The molecule has 2 rings (SSSR count). The van der Waals surface area contributed by atoms with Crippen molar-refractivity contribution in [1.29, 1.82) is 0 Å². The Bertz CT molecular complexity index is 637. The van der Waals surface area contributed by atoms with Gasteiger partial charge in [-0.2, -0.15) is 5.10 Å². The summed E-state index contributed by atoms with van der Waals surface area (Å²) in [6.07, 6.45) is 2.05. The third-order valence-corrected chi connectivity index (χ3v) is 3.33. The van der Waals surface area contributed by atoms with Gasteiger partial charge in [-0.25, -0.2) is 5.43 Å². The maximum Gasteiger partial charge on any atom is 0.244 e. The molecule has 0 fully saturated rings. The van der Waals surface area contributed by atoms with E-state index in [2.05, 4.69) is 29.6 Å². The standard InChI is InChI=1S/C18H20N2O/c1-13-9-14(2)17(15(3)10-13)12-19-20-18(21)11-16-7-5-4-6-8-16/h4-10,12H,11H2,1-3H3,(H,20,21). The Morgan fingerprint density at radius 1 is 1.10 bits per heavy atom. The molecule has 0 radical (unpaired) electrons. The van der Waals surface area contributed by atoms with E-state index in [-0.39, 0.29) is 5.91 Å². The highest BCUT2D eigenvalue weighted by Crippen LogP contribution is 2.14. The average Bonchev–Trinajstić information content (AvgIpc) is 2.42. The number of hydrogen-bond donors (Lipinski definition) is 1. The van der Waals surface area contributed by atoms with Gasteiger partial charge in [0.2, 0.25) is 5.91 Å².